The van der Waals surface area contributed by atoms with E-state index in [9.17, 15) is 13.9 Å². The van der Waals surface area contributed by atoms with Crippen LogP contribution < -0.4 is 10.1 Å². The van der Waals surface area contributed by atoms with Gasteiger partial charge in [0.25, 0.3) is 0 Å². The van der Waals surface area contributed by atoms with E-state index in [-0.39, 0.29) is 35.1 Å². The molecule has 4 aromatic rings. The van der Waals surface area contributed by atoms with Crippen molar-refractivity contribution in [2.24, 2.45) is 0 Å². The van der Waals surface area contributed by atoms with Crippen LogP contribution in [0.1, 0.15) is 31.7 Å². The molecule has 2 fully saturated rings. The number of halogens is 3. The lowest BCUT2D eigenvalue weighted by atomic mass is 9.94. The number of rotatable bonds is 8. The predicted octanol–water partition coefficient (Wildman–Crippen LogP) is 6.14. The van der Waals surface area contributed by atoms with Crippen LogP contribution >= 0.6 is 0 Å². The molecule has 0 radical (unpaired) electrons. The molecule has 8 nitrogen and oxygen atoms in total. The van der Waals surface area contributed by atoms with Crippen LogP contribution in [0.15, 0.2) is 54.4 Å². The highest BCUT2D eigenvalue weighted by molar-refractivity contribution is 6.01. The average Bonchev–Trinajstić information content (AvgIpc) is 3.55. The molecule has 45 heavy (non-hydrogen) atoms. The van der Waals surface area contributed by atoms with Crippen molar-refractivity contribution in [1.82, 2.24) is 24.8 Å². The zero-order valence-corrected chi connectivity index (χ0v) is 25.3. The summed E-state index contributed by atoms with van der Waals surface area (Å²) in [6, 6.07) is 5.80. The molecule has 2 atom stereocenters. The number of phenols is 1. The molecule has 0 aliphatic carbocycles. The van der Waals surface area contributed by atoms with Gasteiger partial charge < -0.3 is 20.1 Å². The van der Waals surface area contributed by atoms with Gasteiger partial charge in [0.2, 0.25) is 0 Å². The van der Waals surface area contributed by atoms with Crippen LogP contribution in [0.3, 0.4) is 0 Å². The van der Waals surface area contributed by atoms with Gasteiger partial charge in [0.05, 0.1) is 10.9 Å². The molecule has 3 aliphatic rings. The number of nitrogens with zero attached hydrogens (tertiary/aromatic N) is 5. The predicted molar refractivity (Wildman–Crippen MR) is 168 cm³/mol. The molecule has 11 heteroatoms. The number of aryl methyl sites for hydroxylation is 1. The first-order valence-corrected chi connectivity index (χ1v) is 15.4. The summed E-state index contributed by atoms with van der Waals surface area (Å²) in [6.45, 7) is 4.42. The second-order valence-corrected chi connectivity index (χ2v) is 12.3. The van der Waals surface area contributed by atoms with Crippen LogP contribution in [0.2, 0.25) is 0 Å². The summed E-state index contributed by atoms with van der Waals surface area (Å²) in [7, 11) is 1.98. The Kier molecular flexibility index (Phi) is 7.51. The maximum absolute atomic E-state index is 16.7. The number of ether oxygens (including phenoxy) is 1. The SMILES string of the molecule is CCc1c(F)ccc2cc(O)cc(-c3ncc4c(NCC5=CN(C)CC=C5)nc(OC[C@@]56CCCN5C[C@H](F)C6)nc4c3F)c12. The van der Waals surface area contributed by atoms with Crippen molar-refractivity contribution in [3.05, 3.63) is 71.6 Å². The third-order valence-electron chi connectivity index (χ3n) is 9.23. The smallest absolute Gasteiger partial charge is 0.319 e. The van der Waals surface area contributed by atoms with Crippen molar-refractivity contribution in [2.45, 2.75) is 44.3 Å². The number of anilines is 1. The number of hydrogen-bond donors (Lipinski definition) is 2. The van der Waals surface area contributed by atoms with Crippen molar-refractivity contribution in [1.29, 1.82) is 0 Å². The molecule has 3 aliphatic heterocycles. The highest BCUT2D eigenvalue weighted by Crippen LogP contribution is 2.41. The number of aromatic nitrogens is 3. The number of phenolic OH excluding ortho intramolecular Hbond substituents is 1. The normalized spacial score (nSPS) is 21.5. The molecule has 0 saturated carbocycles. The molecule has 2 aromatic carbocycles. The fraction of sp³-hybridized carbons (Fsp3) is 0.382. The van der Waals surface area contributed by atoms with Gasteiger partial charge in [0.1, 0.15) is 41.4 Å². The van der Waals surface area contributed by atoms with E-state index in [1.807, 2.05) is 26.2 Å². The van der Waals surface area contributed by atoms with Gasteiger partial charge in [-0.15, -0.1) is 0 Å². The lowest BCUT2D eigenvalue weighted by molar-refractivity contribution is 0.107. The lowest BCUT2D eigenvalue weighted by Crippen LogP contribution is -2.43. The number of pyridine rings is 1. The molecule has 2 saturated heterocycles. The van der Waals surface area contributed by atoms with Gasteiger partial charge in [0.15, 0.2) is 5.82 Å². The summed E-state index contributed by atoms with van der Waals surface area (Å²) >= 11 is 0. The molecule has 5 heterocycles. The Labute approximate surface area is 259 Å². The molecule has 0 amide bonds. The van der Waals surface area contributed by atoms with Gasteiger partial charge >= 0.3 is 6.01 Å². The monoisotopic (exact) mass is 616 g/mol. The topological polar surface area (TPSA) is 86.6 Å². The number of alkyl halides is 1. The van der Waals surface area contributed by atoms with Crippen LogP contribution in [-0.2, 0) is 6.42 Å². The Morgan fingerprint density at radius 1 is 1.20 bits per heavy atom. The highest BCUT2D eigenvalue weighted by atomic mass is 19.1. The van der Waals surface area contributed by atoms with Crippen molar-refractivity contribution in [2.75, 3.05) is 45.2 Å². The van der Waals surface area contributed by atoms with Crippen molar-refractivity contribution in [3.8, 4) is 23.0 Å². The first-order valence-electron chi connectivity index (χ1n) is 15.4. The number of likely N-dealkylation sites (N-methyl/N-ethyl adjacent to an activating group) is 1. The number of aromatic hydroxyl groups is 1. The second-order valence-electron chi connectivity index (χ2n) is 12.3. The molecule has 0 bridgehead atoms. The van der Waals surface area contributed by atoms with Crippen LogP contribution in [0.4, 0.5) is 19.0 Å². The molecule has 2 N–H and O–H groups in total. The van der Waals surface area contributed by atoms with Crippen molar-refractivity contribution in [3.63, 3.8) is 0 Å². The maximum atomic E-state index is 16.7. The Hall–Kier alpha value is -4.38. The van der Waals surface area contributed by atoms with Gasteiger partial charge in [-0.1, -0.05) is 25.1 Å². The Bertz CT molecular complexity index is 1860. The van der Waals surface area contributed by atoms with E-state index in [1.54, 1.807) is 6.07 Å². The molecule has 0 spiro atoms. The quantitative estimate of drug-likeness (QED) is 0.244. The molecular formula is C34H35F3N6O2. The standard InChI is InChI=1S/C34H35F3N6O2/c1-3-24-27(36)8-7-21-12-23(44)13-25(28(21)24)30-29(37)31-26(16-38-30)32(39-15-20-6-4-10-42(2)17-20)41-33(40-31)45-19-34-9-5-11-43(34)18-22(35)14-34/h4,6-8,12-13,16-17,22,44H,3,5,9-11,14-15,18-19H2,1-2H3,(H,39,40,41)/t22-,34+/m1/s1. The zero-order chi connectivity index (χ0) is 31.3. The molecule has 2 aromatic heterocycles. The fourth-order valence-corrected chi connectivity index (χ4v) is 7.14. The third kappa shape index (κ3) is 5.32. The summed E-state index contributed by atoms with van der Waals surface area (Å²) in [5.74, 6) is -0.916. The Balaban J connectivity index is 1.33. The van der Waals surface area contributed by atoms with Gasteiger partial charge in [-0.2, -0.15) is 9.97 Å². The Morgan fingerprint density at radius 2 is 2.07 bits per heavy atom. The van der Waals surface area contributed by atoms with Gasteiger partial charge in [-0.25, -0.2) is 13.2 Å². The van der Waals surface area contributed by atoms with Crippen LogP contribution in [0.5, 0.6) is 11.8 Å². The van der Waals surface area contributed by atoms with E-state index >= 15 is 4.39 Å². The molecular weight excluding hydrogens is 581 g/mol. The molecule has 0 unspecified atom stereocenters. The van der Waals surface area contributed by atoms with Crippen molar-refractivity contribution >= 4 is 27.5 Å². The van der Waals surface area contributed by atoms with Crippen LogP contribution in [0, 0.1) is 11.6 Å². The van der Waals surface area contributed by atoms with Gasteiger partial charge in [0, 0.05) is 51.1 Å². The number of nitrogens with one attached hydrogen (secondary N) is 1. The maximum Gasteiger partial charge on any atom is 0.319 e. The first kappa shape index (κ1) is 29.3. The third-order valence-corrected chi connectivity index (χ3v) is 9.23. The number of benzene rings is 2. The molecule has 7 rings (SSSR count). The van der Waals surface area contributed by atoms with E-state index < -0.39 is 23.3 Å². The Morgan fingerprint density at radius 3 is 2.89 bits per heavy atom. The van der Waals surface area contributed by atoms with E-state index in [4.69, 9.17) is 4.74 Å². The minimum absolute atomic E-state index is 0.0284. The number of fused-ring (bicyclic) bond motifs is 3. The van der Waals surface area contributed by atoms with Crippen LogP contribution in [-0.4, -0.2) is 81.4 Å². The first-order chi connectivity index (χ1) is 21.7. The second kappa shape index (κ2) is 11.5. The lowest BCUT2D eigenvalue weighted by Gasteiger charge is -2.30. The minimum atomic E-state index is -0.917. The van der Waals surface area contributed by atoms with Gasteiger partial charge in [-0.3, -0.25) is 9.88 Å². The summed E-state index contributed by atoms with van der Waals surface area (Å²) in [4.78, 5) is 17.8. The summed E-state index contributed by atoms with van der Waals surface area (Å²) in [5.41, 5.74) is 1.13. The highest BCUT2D eigenvalue weighted by Gasteiger charge is 2.49. The van der Waals surface area contributed by atoms with Gasteiger partial charge in [-0.05, 0) is 65.9 Å². The van der Waals surface area contributed by atoms with Crippen LogP contribution in [0.25, 0.3) is 32.9 Å². The fourth-order valence-electron chi connectivity index (χ4n) is 7.14. The largest absolute Gasteiger partial charge is 0.508 e. The zero-order valence-electron chi connectivity index (χ0n) is 25.3. The molecule has 234 valence electrons. The van der Waals surface area contributed by atoms with E-state index in [0.29, 0.717) is 53.5 Å². The summed E-state index contributed by atoms with van der Waals surface area (Å²) < 4.78 is 52.1. The minimum Gasteiger partial charge on any atom is -0.508 e. The summed E-state index contributed by atoms with van der Waals surface area (Å²) in [5, 5.41) is 15.2. The number of hydrogen-bond acceptors (Lipinski definition) is 8. The van der Waals surface area contributed by atoms with E-state index in [0.717, 1.165) is 31.5 Å². The average molecular weight is 617 g/mol. The van der Waals surface area contributed by atoms with E-state index in [2.05, 4.69) is 36.1 Å². The summed E-state index contributed by atoms with van der Waals surface area (Å²) in [6.07, 6.45) is 9.17. The van der Waals surface area contributed by atoms with E-state index in [1.165, 1.54) is 24.4 Å². The van der Waals surface area contributed by atoms with Crippen molar-refractivity contribution < 1.29 is 23.0 Å².